The summed E-state index contributed by atoms with van der Waals surface area (Å²) in [6.45, 7) is 13.3. The minimum absolute atomic E-state index is 0.0119. The standard InChI is InChI=1S/C33H45N3O5/c1-6-35(7-2)20-12-13-24(4)34-30(37)22-36-25(5)32(33(39)40-8-3)29(21-31(36)38)27-16-18-28(19-17-27)41-23-26-14-10-9-11-15-26/h9-11,14-19,24,29H,6-8,12-13,20-23H2,1-5H3,(H,34,37). The van der Waals surface area contributed by atoms with E-state index < -0.39 is 11.9 Å². The molecule has 0 aromatic heterocycles. The second-order valence-electron chi connectivity index (χ2n) is 10.4. The highest BCUT2D eigenvalue weighted by Crippen LogP contribution is 2.37. The van der Waals surface area contributed by atoms with Crippen LogP contribution in [0.4, 0.5) is 0 Å². The van der Waals surface area contributed by atoms with Crippen LogP contribution in [-0.2, 0) is 25.7 Å². The summed E-state index contributed by atoms with van der Waals surface area (Å²) in [5.74, 6) is -0.684. The van der Waals surface area contributed by atoms with Gasteiger partial charge in [0.25, 0.3) is 0 Å². The average Bonchev–Trinajstić information content (AvgIpc) is 2.97. The van der Waals surface area contributed by atoms with Crippen molar-refractivity contribution in [3.63, 3.8) is 0 Å². The summed E-state index contributed by atoms with van der Waals surface area (Å²) in [5.41, 5.74) is 2.75. The number of nitrogens with zero attached hydrogens (tertiary/aromatic N) is 2. The number of carbonyl (C=O) groups excluding carboxylic acids is 3. The molecule has 41 heavy (non-hydrogen) atoms. The van der Waals surface area contributed by atoms with Gasteiger partial charge in [0.15, 0.2) is 0 Å². The van der Waals surface area contributed by atoms with E-state index in [1.165, 1.54) is 4.90 Å². The van der Waals surface area contributed by atoms with E-state index in [2.05, 4.69) is 24.1 Å². The largest absolute Gasteiger partial charge is 0.489 e. The van der Waals surface area contributed by atoms with Gasteiger partial charge < -0.3 is 24.6 Å². The van der Waals surface area contributed by atoms with Crippen LogP contribution in [0.1, 0.15) is 70.9 Å². The fourth-order valence-corrected chi connectivity index (χ4v) is 5.20. The van der Waals surface area contributed by atoms with E-state index in [0.29, 0.717) is 23.6 Å². The molecule has 2 aromatic rings. The Morgan fingerprint density at radius 2 is 1.73 bits per heavy atom. The van der Waals surface area contributed by atoms with Crippen LogP contribution in [0.3, 0.4) is 0 Å². The summed E-state index contributed by atoms with van der Waals surface area (Å²) in [4.78, 5) is 43.1. The second kappa shape index (κ2) is 16.0. The molecule has 0 fully saturated rings. The Labute approximate surface area is 244 Å². The Balaban J connectivity index is 1.70. The highest BCUT2D eigenvalue weighted by Gasteiger charge is 2.37. The number of carbonyl (C=O) groups is 3. The SMILES string of the molecule is CCOC(=O)C1=C(C)N(CC(=O)NC(C)CCCN(CC)CC)C(=O)CC1c1ccc(OCc2ccccc2)cc1. The van der Waals surface area contributed by atoms with Gasteiger partial charge >= 0.3 is 5.97 Å². The molecule has 222 valence electrons. The van der Waals surface area contributed by atoms with Crippen LogP contribution in [0.25, 0.3) is 0 Å². The maximum absolute atomic E-state index is 13.3. The molecule has 0 saturated carbocycles. The lowest BCUT2D eigenvalue weighted by atomic mass is 9.83. The van der Waals surface area contributed by atoms with Gasteiger partial charge in [-0.2, -0.15) is 0 Å². The molecule has 2 aromatic carbocycles. The second-order valence-corrected chi connectivity index (χ2v) is 10.4. The maximum Gasteiger partial charge on any atom is 0.336 e. The van der Waals surface area contributed by atoms with Crippen molar-refractivity contribution in [3.8, 4) is 5.75 Å². The molecule has 1 N–H and O–H groups in total. The summed E-state index contributed by atoms with van der Waals surface area (Å²) < 4.78 is 11.3. The van der Waals surface area contributed by atoms with Crippen molar-refractivity contribution in [1.82, 2.24) is 15.1 Å². The number of amides is 2. The first-order valence-electron chi connectivity index (χ1n) is 14.7. The minimum atomic E-state index is -0.470. The average molecular weight is 564 g/mol. The lowest BCUT2D eigenvalue weighted by Gasteiger charge is -2.34. The van der Waals surface area contributed by atoms with Crippen LogP contribution >= 0.6 is 0 Å². The number of ether oxygens (including phenoxy) is 2. The van der Waals surface area contributed by atoms with Gasteiger partial charge in [-0.1, -0.05) is 56.3 Å². The van der Waals surface area contributed by atoms with Crippen LogP contribution in [-0.4, -0.2) is 66.4 Å². The van der Waals surface area contributed by atoms with E-state index in [1.54, 1.807) is 13.8 Å². The Morgan fingerprint density at radius 3 is 2.37 bits per heavy atom. The Bertz CT molecular complexity index is 1180. The van der Waals surface area contributed by atoms with Crippen molar-refractivity contribution in [2.45, 2.75) is 72.4 Å². The van der Waals surface area contributed by atoms with Crippen molar-refractivity contribution in [1.29, 1.82) is 0 Å². The van der Waals surface area contributed by atoms with Crippen molar-refractivity contribution in [2.24, 2.45) is 0 Å². The number of rotatable bonds is 15. The van der Waals surface area contributed by atoms with Gasteiger partial charge in [0, 0.05) is 24.1 Å². The first kappa shape index (κ1) is 31.9. The molecule has 8 nitrogen and oxygen atoms in total. The predicted octanol–water partition coefficient (Wildman–Crippen LogP) is 5.05. The third-order valence-electron chi connectivity index (χ3n) is 7.56. The van der Waals surface area contributed by atoms with Crippen LogP contribution in [0.15, 0.2) is 65.9 Å². The number of hydrogen-bond donors (Lipinski definition) is 1. The molecule has 2 amide bonds. The molecule has 0 bridgehead atoms. The van der Waals surface area contributed by atoms with E-state index >= 15 is 0 Å². The van der Waals surface area contributed by atoms with E-state index in [1.807, 2.05) is 61.5 Å². The fourth-order valence-electron chi connectivity index (χ4n) is 5.20. The summed E-state index contributed by atoms with van der Waals surface area (Å²) in [5, 5.41) is 3.02. The van der Waals surface area contributed by atoms with Gasteiger partial charge in [-0.25, -0.2) is 4.79 Å². The first-order valence-corrected chi connectivity index (χ1v) is 14.7. The molecule has 3 rings (SSSR count). The molecule has 0 aliphatic carbocycles. The van der Waals surface area contributed by atoms with Crippen LogP contribution < -0.4 is 10.1 Å². The van der Waals surface area contributed by atoms with Gasteiger partial charge in [-0.05, 0) is 76.5 Å². The molecule has 0 radical (unpaired) electrons. The number of esters is 1. The molecule has 0 saturated heterocycles. The quantitative estimate of drug-likeness (QED) is 0.305. The van der Waals surface area contributed by atoms with Gasteiger partial charge in [0.1, 0.15) is 18.9 Å². The predicted molar refractivity (Wildman–Crippen MR) is 160 cm³/mol. The van der Waals surface area contributed by atoms with E-state index in [9.17, 15) is 14.4 Å². The Morgan fingerprint density at radius 1 is 1.05 bits per heavy atom. The molecule has 8 heteroatoms. The van der Waals surface area contributed by atoms with Crippen molar-refractivity contribution in [2.75, 3.05) is 32.8 Å². The zero-order valence-corrected chi connectivity index (χ0v) is 25.2. The molecule has 1 aliphatic heterocycles. The normalized spacial score (nSPS) is 16.1. The van der Waals surface area contributed by atoms with Crippen molar-refractivity contribution in [3.05, 3.63) is 77.0 Å². The Kier molecular flexibility index (Phi) is 12.4. The molecular formula is C33H45N3O5. The number of hydrogen-bond acceptors (Lipinski definition) is 6. The van der Waals surface area contributed by atoms with Crippen molar-refractivity contribution >= 4 is 17.8 Å². The monoisotopic (exact) mass is 563 g/mol. The summed E-state index contributed by atoms with van der Waals surface area (Å²) >= 11 is 0. The van der Waals surface area contributed by atoms with Crippen LogP contribution in [0, 0.1) is 0 Å². The maximum atomic E-state index is 13.3. The third-order valence-corrected chi connectivity index (χ3v) is 7.56. The molecule has 2 atom stereocenters. The topological polar surface area (TPSA) is 88.2 Å². The van der Waals surface area contributed by atoms with Gasteiger partial charge in [0.2, 0.25) is 11.8 Å². The Hall–Kier alpha value is -3.65. The fraction of sp³-hybridized carbons (Fsp3) is 0.485. The minimum Gasteiger partial charge on any atom is -0.489 e. The smallest absolute Gasteiger partial charge is 0.336 e. The summed E-state index contributed by atoms with van der Waals surface area (Å²) in [7, 11) is 0. The van der Waals surface area contributed by atoms with Gasteiger partial charge in [-0.15, -0.1) is 0 Å². The van der Waals surface area contributed by atoms with Crippen LogP contribution in [0.5, 0.6) is 5.75 Å². The van der Waals surface area contributed by atoms with Crippen LogP contribution in [0.2, 0.25) is 0 Å². The molecule has 0 spiro atoms. The number of benzene rings is 2. The highest BCUT2D eigenvalue weighted by molar-refractivity contribution is 5.97. The molecule has 2 unspecified atom stereocenters. The molecule has 1 aliphatic rings. The lowest BCUT2D eigenvalue weighted by molar-refractivity contribution is -0.141. The highest BCUT2D eigenvalue weighted by atomic mass is 16.5. The first-order chi connectivity index (χ1) is 19.8. The van der Waals surface area contributed by atoms with Gasteiger partial charge in [-0.3, -0.25) is 9.59 Å². The zero-order valence-electron chi connectivity index (χ0n) is 25.2. The number of nitrogens with one attached hydrogen (secondary N) is 1. The molecular weight excluding hydrogens is 518 g/mol. The van der Waals surface area contributed by atoms with Gasteiger partial charge in [0.05, 0.1) is 12.2 Å². The zero-order chi connectivity index (χ0) is 29.8. The van der Waals surface area contributed by atoms with Crippen molar-refractivity contribution < 1.29 is 23.9 Å². The number of allylic oxidation sites excluding steroid dienone is 1. The lowest BCUT2D eigenvalue weighted by Crippen LogP contribution is -2.46. The third kappa shape index (κ3) is 9.18. The van der Waals surface area contributed by atoms with E-state index in [0.717, 1.165) is 43.6 Å². The van der Waals surface area contributed by atoms with E-state index in [-0.39, 0.29) is 37.4 Å². The summed E-state index contributed by atoms with van der Waals surface area (Å²) in [6.07, 6.45) is 1.91. The summed E-state index contributed by atoms with van der Waals surface area (Å²) in [6, 6.07) is 17.4. The molecule has 1 heterocycles. The van der Waals surface area contributed by atoms with E-state index in [4.69, 9.17) is 9.47 Å².